The van der Waals surface area contributed by atoms with Crippen LogP contribution in [-0.4, -0.2) is 47.0 Å². The number of hydrogen-bond acceptors (Lipinski definition) is 6. The Morgan fingerprint density at radius 2 is 1.63 bits per heavy atom. The van der Waals surface area contributed by atoms with E-state index in [1.807, 2.05) is 61.5 Å². The summed E-state index contributed by atoms with van der Waals surface area (Å²) in [5, 5.41) is 4.03. The molecule has 1 aliphatic heterocycles. The molecule has 0 unspecified atom stereocenters. The van der Waals surface area contributed by atoms with Gasteiger partial charge < -0.3 is 10.2 Å². The monoisotopic (exact) mass is 543 g/mol. The van der Waals surface area contributed by atoms with Crippen molar-refractivity contribution < 1.29 is 4.79 Å². The van der Waals surface area contributed by atoms with Gasteiger partial charge in [-0.3, -0.25) is 9.69 Å². The second-order valence-corrected chi connectivity index (χ2v) is 10.7. The molecule has 0 spiro atoms. The summed E-state index contributed by atoms with van der Waals surface area (Å²) in [5.74, 6) is 1.36. The number of rotatable bonds is 8. The van der Waals surface area contributed by atoms with E-state index in [1.54, 1.807) is 0 Å². The first-order chi connectivity index (χ1) is 18.5. The number of amides is 1. The third-order valence-corrected chi connectivity index (χ3v) is 7.58. The Balaban J connectivity index is 1.18. The summed E-state index contributed by atoms with van der Waals surface area (Å²) in [6.07, 6.45) is 0. The summed E-state index contributed by atoms with van der Waals surface area (Å²) in [5.41, 5.74) is 4.90. The van der Waals surface area contributed by atoms with Crippen LogP contribution >= 0.6 is 23.4 Å². The minimum atomic E-state index is -0.131. The van der Waals surface area contributed by atoms with Crippen molar-refractivity contribution in [3.63, 3.8) is 0 Å². The maximum Gasteiger partial charge on any atom is 0.255 e. The fraction of sp³-hybridized carbons (Fsp3) is 0.233. The number of anilines is 2. The van der Waals surface area contributed by atoms with Crippen LogP contribution < -0.4 is 10.2 Å². The number of thioether (sulfide) groups is 1. The van der Waals surface area contributed by atoms with E-state index >= 15 is 0 Å². The van der Waals surface area contributed by atoms with E-state index in [2.05, 4.69) is 50.4 Å². The number of benzene rings is 3. The van der Waals surface area contributed by atoms with Crippen molar-refractivity contribution in [2.24, 2.45) is 0 Å². The maximum absolute atomic E-state index is 12.7. The first-order valence-corrected chi connectivity index (χ1v) is 14.0. The van der Waals surface area contributed by atoms with Crippen LogP contribution in [0.15, 0.2) is 90.1 Å². The molecule has 8 heteroatoms. The second-order valence-electron chi connectivity index (χ2n) is 9.39. The van der Waals surface area contributed by atoms with Gasteiger partial charge >= 0.3 is 0 Å². The number of halogens is 1. The zero-order valence-electron chi connectivity index (χ0n) is 21.3. The van der Waals surface area contributed by atoms with Crippen LogP contribution in [0.5, 0.6) is 0 Å². The summed E-state index contributed by atoms with van der Waals surface area (Å²) < 4.78 is 0. The Morgan fingerprint density at radius 3 is 2.39 bits per heavy atom. The summed E-state index contributed by atoms with van der Waals surface area (Å²) in [7, 11) is 0. The van der Waals surface area contributed by atoms with E-state index in [-0.39, 0.29) is 5.91 Å². The summed E-state index contributed by atoms with van der Waals surface area (Å²) in [6, 6.07) is 27.8. The van der Waals surface area contributed by atoms with E-state index in [1.165, 1.54) is 17.3 Å². The average Bonchev–Trinajstić information content (AvgIpc) is 2.94. The lowest BCUT2D eigenvalue weighted by Gasteiger charge is -2.35. The van der Waals surface area contributed by atoms with Crippen LogP contribution in [0, 0.1) is 6.92 Å². The molecule has 6 nitrogen and oxygen atoms in total. The lowest BCUT2D eigenvalue weighted by molar-refractivity contribution is 0.102. The largest absolute Gasteiger partial charge is 0.354 e. The van der Waals surface area contributed by atoms with Gasteiger partial charge in [-0.25, -0.2) is 9.97 Å². The molecular formula is C30H30ClN5OS. The first-order valence-electron chi connectivity index (χ1n) is 12.7. The molecule has 1 N–H and O–H groups in total. The van der Waals surface area contributed by atoms with Crippen molar-refractivity contribution in [1.82, 2.24) is 14.9 Å². The third-order valence-electron chi connectivity index (χ3n) is 6.47. The van der Waals surface area contributed by atoms with Gasteiger partial charge in [-0.1, -0.05) is 83.5 Å². The highest BCUT2D eigenvalue weighted by Crippen LogP contribution is 2.26. The molecule has 1 fully saturated rings. The van der Waals surface area contributed by atoms with Crippen molar-refractivity contribution in [2.75, 3.05) is 36.4 Å². The van der Waals surface area contributed by atoms with Gasteiger partial charge in [-0.15, -0.1) is 0 Å². The molecule has 0 radical (unpaired) electrons. The predicted octanol–water partition coefficient (Wildman–Crippen LogP) is 6.31. The van der Waals surface area contributed by atoms with Gasteiger partial charge in [0.25, 0.3) is 5.91 Å². The average molecular weight is 544 g/mol. The summed E-state index contributed by atoms with van der Waals surface area (Å²) >= 11 is 7.90. The Bertz CT molecular complexity index is 1380. The van der Waals surface area contributed by atoms with E-state index in [4.69, 9.17) is 16.6 Å². The molecule has 3 aromatic carbocycles. The van der Waals surface area contributed by atoms with Crippen LogP contribution in [0.2, 0.25) is 5.15 Å². The Hall–Kier alpha value is -3.39. The molecule has 5 rings (SSSR count). The van der Waals surface area contributed by atoms with Crippen molar-refractivity contribution in [3.05, 3.63) is 112 Å². The molecule has 1 amide bonds. The predicted molar refractivity (Wildman–Crippen MR) is 156 cm³/mol. The first kappa shape index (κ1) is 26.2. The van der Waals surface area contributed by atoms with E-state index in [0.717, 1.165) is 55.4 Å². The summed E-state index contributed by atoms with van der Waals surface area (Å²) in [6.45, 7) is 6.70. The summed E-state index contributed by atoms with van der Waals surface area (Å²) in [4.78, 5) is 26.7. The molecule has 0 aliphatic carbocycles. The second kappa shape index (κ2) is 12.4. The highest BCUT2D eigenvalue weighted by molar-refractivity contribution is 7.98. The quantitative estimate of drug-likeness (QED) is 0.160. The highest BCUT2D eigenvalue weighted by atomic mass is 35.5. The van der Waals surface area contributed by atoms with Crippen molar-refractivity contribution in [2.45, 2.75) is 24.4 Å². The minimum absolute atomic E-state index is 0.131. The number of aryl methyl sites for hydroxylation is 1. The van der Waals surface area contributed by atoms with Crippen LogP contribution in [0.25, 0.3) is 0 Å². The molecule has 0 saturated carbocycles. The lowest BCUT2D eigenvalue weighted by atomic mass is 10.1. The minimum Gasteiger partial charge on any atom is -0.354 e. The van der Waals surface area contributed by atoms with E-state index in [9.17, 15) is 4.79 Å². The number of carbonyl (C=O) groups is 1. The molecule has 2 heterocycles. The highest BCUT2D eigenvalue weighted by Gasteiger charge is 2.19. The van der Waals surface area contributed by atoms with Crippen molar-refractivity contribution in [1.29, 1.82) is 0 Å². The van der Waals surface area contributed by atoms with Gasteiger partial charge in [-0.05, 0) is 42.3 Å². The third kappa shape index (κ3) is 7.13. The van der Waals surface area contributed by atoms with Crippen molar-refractivity contribution >= 4 is 40.8 Å². The molecular weight excluding hydrogens is 514 g/mol. The van der Waals surface area contributed by atoms with Gasteiger partial charge in [0.2, 0.25) is 0 Å². The Kier molecular flexibility index (Phi) is 8.58. The number of carbonyl (C=O) groups excluding carboxylic acids is 1. The Morgan fingerprint density at radius 1 is 0.895 bits per heavy atom. The molecule has 194 valence electrons. The normalized spacial score (nSPS) is 13.9. The van der Waals surface area contributed by atoms with Crippen molar-refractivity contribution in [3.8, 4) is 0 Å². The van der Waals surface area contributed by atoms with Gasteiger partial charge in [-0.2, -0.15) is 0 Å². The topological polar surface area (TPSA) is 61.4 Å². The number of piperazine rings is 1. The number of nitrogens with one attached hydrogen (secondary N) is 1. The number of aromatic nitrogens is 2. The van der Waals surface area contributed by atoms with Gasteiger partial charge in [0.1, 0.15) is 11.0 Å². The lowest BCUT2D eigenvalue weighted by Crippen LogP contribution is -2.46. The van der Waals surface area contributed by atoms with Gasteiger partial charge in [0.15, 0.2) is 5.16 Å². The molecule has 38 heavy (non-hydrogen) atoms. The fourth-order valence-corrected chi connectivity index (χ4v) is 5.40. The molecule has 1 aromatic heterocycles. The SMILES string of the molecule is Cc1ccc(NC(=O)c2cccc(CSc3nc(Cl)cc(N4CCN(Cc5ccccc5)CC4)n3)c2)cc1. The fourth-order valence-electron chi connectivity index (χ4n) is 4.38. The number of nitrogens with zero attached hydrogens (tertiary/aromatic N) is 4. The van der Waals surface area contributed by atoms with Crippen LogP contribution in [0.3, 0.4) is 0 Å². The maximum atomic E-state index is 12.7. The van der Waals surface area contributed by atoms with Crippen LogP contribution in [-0.2, 0) is 12.3 Å². The standard InChI is InChI=1S/C30H30ClN5OS/c1-22-10-12-26(13-11-22)32-29(37)25-9-5-8-24(18-25)21-38-30-33-27(31)19-28(34-30)36-16-14-35(15-17-36)20-23-6-3-2-4-7-23/h2-13,18-19H,14-17,20-21H2,1H3,(H,32,37). The molecule has 1 aliphatic rings. The van der Waals surface area contributed by atoms with Crippen LogP contribution in [0.1, 0.15) is 27.0 Å². The van der Waals surface area contributed by atoms with Crippen LogP contribution in [0.4, 0.5) is 11.5 Å². The zero-order chi connectivity index (χ0) is 26.3. The zero-order valence-corrected chi connectivity index (χ0v) is 22.9. The van der Waals surface area contributed by atoms with Gasteiger partial charge in [0, 0.05) is 55.8 Å². The molecule has 4 aromatic rings. The smallest absolute Gasteiger partial charge is 0.255 e. The molecule has 1 saturated heterocycles. The van der Waals surface area contributed by atoms with Gasteiger partial charge in [0.05, 0.1) is 0 Å². The molecule has 0 bridgehead atoms. The number of hydrogen-bond donors (Lipinski definition) is 1. The Labute approximate surface area is 233 Å². The molecule has 0 atom stereocenters. The van der Waals surface area contributed by atoms with E-state index in [0.29, 0.717) is 21.6 Å². The van der Waals surface area contributed by atoms with E-state index < -0.39 is 0 Å².